The van der Waals surface area contributed by atoms with Gasteiger partial charge in [-0.25, -0.2) is 0 Å². The van der Waals surface area contributed by atoms with Gasteiger partial charge in [-0.3, -0.25) is 4.21 Å². The summed E-state index contributed by atoms with van der Waals surface area (Å²) in [6, 6.07) is 0. The number of rotatable bonds is 4. The molecule has 1 aliphatic heterocycles. The fourth-order valence-electron chi connectivity index (χ4n) is 2.01. The van der Waals surface area contributed by atoms with Crippen molar-refractivity contribution in [3.63, 3.8) is 0 Å². The Morgan fingerprint density at radius 2 is 2.14 bits per heavy atom. The third-order valence-corrected chi connectivity index (χ3v) is 6.34. The average Bonchev–Trinajstić information content (AvgIpc) is 2.29. The Morgan fingerprint density at radius 1 is 1.50 bits per heavy atom. The molecule has 3 atom stereocenters. The second-order valence-corrected chi connectivity index (χ2v) is 8.38. The molecule has 1 rings (SSSR count). The summed E-state index contributed by atoms with van der Waals surface area (Å²) in [7, 11) is -0.757. The minimum Gasteiger partial charge on any atom is -0.393 e. The van der Waals surface area contributed by atoms with E-state index in [0.29, 0.717) is 11.7 Å². The molecule has 0 radical (unpaired) electrons. The summed E-state index contributed by atoms with van der Waals surface area (Å²) >= 11 is 1.79. The Morgan fingerprint density at radius 3 is 2.50 bits per heavy atom. The SMILES string of the molecule is CC(C)S[C@@]1(C[C@@H](C)O)CCCS1=O. The highest BCUT2D eigenvalue weighted by molar-refractivity contribution is 8.13. The fourth-order valence-corrected chi connectivity index (χ4v) is 6.30. The first-order valence-electron chi connectivity index (χ1n) is 5.20. The average molecular weight is 236 g/mol. The second-order valence-electron chi connectivity index (χ2n) is 4.28. The van der Waals surface area contributed by atoms with Gasteiger partial charge in [0.15, 0.2) is 0 Å². The summed E-state index contributed by atoms with van der Waals surface area (Å²) in [6.45, 7) is 6.05. The van der Waals surface area contributed by atoms with E-state index in [1.165, 1.54) is 0 Å². The van der Waals surface area contributed by atoms with E-state index in [-0.39, 0.29) is 10.2 Å². The molecule has 1 N–H and O–H groups in total. The standard InChI is InChI=1S/C10H20O2S2/c1-8(2)13-10(7-9(3)11)5-4-6-14(10)12/h8-9,11H,4-7H2,1-3H3/t9-,10+,14?/m1/s1. The van der Waals surface area contributed by atoms with Crippen LogP contribution in [0.2, 0.25) is 0 Å². The van der Waals surface area contributed by atoms with Gasteiger partial charge in [-0.2, -0.15) is 0 Å². The number of thioether (sulfide) groups is 1. The van der Waals surface area contributed by atoms with Crippen LogP contribution in [0, 0.1) is 0 Å². The van der Waals surface area contributed by atoms with E-state index in [9.17, 15) is 9.32 Å². The van der Waals surface area contributed by atoms with Crippen LogP contribution in [0.25, 0.3) is 0 Å². The summed E-state index contributed by atoms with van der Waals surface area (Å²) in [6.07, 6.45) is 2.36. The van der Waals surface area contributed by atoms with Crippen molar-refractivity contribution in [1.29, 1.82) is 0 Å². The molecule has 0 aliphatic carbocycles. The number of hydrogen-bond donors (Lipinski definition) is 1. The van der Waals surface area contributed by atoms with E-state index in [4.69, 9.17) is 0 Å². The van der Waals surface area contributed by atoms with Crippen molar-refractivity contribution >= 4 is 22.6 Å². The zero-order valence-electron chi connectivity index (χ0n) is 9.16. The van der Waals surface area contributed by atoms with Gasteiger partial charge in [0.25, 0.3) is 0 Å². The highest BCUT2D eigenvalue weighted by Gasteiger charge is 2.42. The van der Waals surface area contributed by atoms with Crippen LogP contribution in [0.15, 0.2) is 0 Å². The van der Waals surface area contributed by atoms with Crippen LogP contribution in [0.5, 0.6) is 0 Å². The first kappa shape index (κ1) is 12.5. The number of hydrogen-bond acceptors (Lipinski definition) is 3. The molecular formula is C10H20O2S2. The minimum atomic E-state index is -0.757. The van der Waals surface area contributed by atoms with E-state index in [1.54, 1.807) is 18.7 Å². The quantitative estimate of drug-likeness (QED) is 0.812. The molecule has 0 spiro atoms. The van der Waals surface area contributed by atoms with Crippen molar-refractivity contribution in [2.75, 3.05) is 5.75 Å². The van der Waals surface area contributed by atoms with Crippen LogP contribution in [-0.4, -0.2) is 30.5 Å². The Kier molecular flexibility index (Phi) is 4.47. The molecule has 4 heteroatoms. The van der Waals surface area contributed by atoms with Crippen LogP contribution in [0.4, 0.5) is 0 Å². The van der Waals surface area contributed by atoms with Crippen LogP contribution >= 0.6 is 11.8 Å². The van der Waals surface area contributed by atoms with Gasteiger partial charge in [0.2, 0.25) is 0 Å². The van der Waals surface area contributed by atoms with Gasteiger partial charge in [-0.1, -0.05) is 13.8 Å². The van der Waals surface area contributed by atoms with Crippen molar-refractivity contribution in [3.8, 4) is 0 Å². The molecule has 84 valence electrons. The topological polar surface area (TPSA) is 37.3 Å². The van der Waals surface area contributed by atoms with E-state index in [1.807, 2.05) is 0 Å². The summed E-state index contributed by atoms with van der Waals surface area (Å²) in [4.78, 5) is 0. The van der Waals surface area contributed by atoms with Crippen molar-refractivity contribution in [3.05, 3.63) is 0 Å². The molecule has 0 saturated carbocycles. The zero-order chi connectivity index (χ0) is 10.8. The highest BCUT2D eigenvalue weighted by atomic mass is 32.2. The van der Waals surface area contributed by atoms with Gasteiger partial charge in [0.05, 0.1) is 10.2 Å². The molecule has 0 bridgehead atoms. The van der Waals surface area contributed by atoms with Gasteiger partial charge < -0.3 is 5.11 Å². The second kappa shape index (κ2) is 4.99. The summed E-state index contributed by atoms with van der Waals surface area (Å²) in [5, 5.41) is 9.94. The number of aliphatic hydroxyl groups is 1. The molecule has 0 aromatic carbocycles. The van der Waals surface area contributed by atoms with E-state index in [0.717, 1.165) is 18.6 Å². The maximum Gasteiger partial charge on any atom is 0.0935 e. The molecule has 0 amide bonds. The molecule has 1 unspecified atom stereocenters. The lowest BCUT2D eigenvalue weighted by atomic mass is 10.1. The molecule has 1 fully saturated rings. The molecule has 2 nitrogen and oxygen atoms in total. The largest absolute Gasteiger partial charge is 0.393 e. The number of aliphatic hydroxyl groups excluding tert-OH is 1. The maximum absolute atomic E-state index is 11.9. The molecule has 0 aromatic rings. The van der Waals surface area contributed by atoms with Gasteiger partial charge in [-0.05, 0) is 26.2 Å². The van der Waals surface area contributed by atoms with Crippen molar-refractivity contribution in [2.45, 2.75) is 55.5 Å². The molecular weight excluding hydrogens is 216 g/mol. The van der Waals surface area contributed by atoms with E-state index >= 15 is 0 Å². The summed E-state index contributed by atoms with van der Waals surface area (Å²) in [5.41, 5.74) is 0. The molecule has 1 aliphatic rings. The maximum atomic E-state index is 11.9. The smallest absolute Gasteiger partial charge is 0.0935 e. The lowest BCUT2D eigenvalue weighted by Gasteiger charge is -2.30. The van der Waals surface area contributed by atoms with Crippen LogP contribution in [0.1, 0.15) is 40.0 Å². The summed E-state index contributed by atoms with van der Waals surface area (Å²) in [5.74, 6) is 0.812. The van der Waals surface area contributed by atoms with Crippen molar-refractivity contribution in [2.24, 2.45) is 0 Å². The minimum absolute atomic E-state index is 0.164. The fraction of sp³-hybridized carbons (Fsp3) is 1.00. The van der Waals surface area contributed by atoms with E-state index in [2.05, 4.69) is 13.8 Å². The predicted molar refractivity (Wildman–Crippen MR) is 64.0 cm³/mol. The third-order valence-electron chi connectivity index (χ3n) is 2.36. The van der Waals surface area contributed by atoms with Gasteiger partial charge in [0, 0.05) is 21.8 Å². The summed E-state index contributed by atoms with van der Waals surface area (Å²) < 4.78 is 11.8. The third kappa shape index (κ3) is 2.97. The first-order chi connectivity index (χ1) is 6.46. The van der Waals surface area contributed by atoms with Crippen molar-refractivity contribution in [1.82, 2.24) is 0 Å². The lowest BCUT2D eigenvalue weighted by Crippen LogP contribution is -2.32. The van der Waals surface area contributed by atoms with Gasteiger partial charge in [0.1, 0.15) is 0 Å². The molecule has 1 saturated heterocycles. The Hall–Kier alpha value is 0.460. The Bertz CT molecular complexity index is 204. The Balaban J connectivity index is 2.73. The molecule has 1 heterocycles. The zero-order valence-corrected chi connectivity index (χ0v) is 10.8. The normalized spacial score (nSPS) is 35.1. The van der Waals surface area contributed by atoms with E-state index < -0.39 is 10.8 Å². The lowest BCUT2D eigenvalue weighted by molar-refractivity contribution is 0.179. The highest BCUT2D eigenvalue weighted by Crippen LogP contribution is 2.45. The van der Waals surface area contributed by atoms with Gasteiger partial charge >= 0.3 is 0 Å². The van der Waals surface area contributed by atoms with Crippen LogP contribution in [0.3, 0.4) is 0 Å². The molecule has 14 heavy (non-hydrogen) atoms. The monoisotopic (exact) mass is 236 g/mol. The molecule has 0 aromatic heterocycles. The van der Waals surface area contributed by atoms with Crippen molar-refractivity contribution < 1.29 is 9.32 Å². The van der Waals surface area contributed by atoms with Crippen LogP contribution < -0.4 is 0 Å². The Labute approximate surface area is 93.3 Å². The first-order valence-corrected chi connectivity index (χ1v) is 7.40. The predicted octanol–water partition coefficient (Wildman–Crippen LogP) is 2.14. The van der Waals surface area contributed by atoms with Gasteiger partial charge in [-0.15, -0.1) is 11.8 Å². The van der Waals surface area contributed by atoms with Crippen LogP contribution in [-0.2, 0) is 10.8 Å².